The standard InChI is InChI=1S/C9H11ClO3/c1-9(2)4-3-6(5-7(10)11)8(12)13-9/h5H,3-4H2,1-2H3/b6-5+. The van der Waals surface area contributed by atoms with Gasteiger partial charge in [0.1, 0.15) is 5.60 Å². The van der Waals surface area contributed by atoms with E-state index in [1.165, 1.54) is 0 Å². The topological polar surface area (TPSA) is 43.4 Å². The van der Waals surface area contributed by atoms with Gasteiger partial charge < -0.3 is 4.74 Å². The van der Waals surface area contributed by atoms with Crippen molar-refractivity contribution < 1.29 is 14.3 Å². The molecular formula is C9H11ClO3. The molecule has 1 aliphatic heterocycles. The zero-order valence-electron chi connectivity index (χ0n) is 7.59. The van der Waals surface area contributed by atoms with Gasteiger partial charge in [-0.1, -0.05) is 0 Å². The molecule has 3 nitrogen and oxygen atoms in total. The van der Waals surface area contributed by atoms with Crippen molar-refractivity contribution in [2.24, 2.45) is 0 Å². The van der Waals surface area contributed by atoms with Gasteiger partial charge in [0.25, 0.3) is 0 Å². The largest absolute Gasteiger partial charge is 0.456 e. The number of carbonyl (C=O) groups excluding carboxylic acids is 2. The van der Waals surface area contributed by atoms with Crippen LogP contribution >= 0.6 is 11.6 Å². The van der Waals surface area contributed by atoms with E-state index in [2.05, 4.69) is 0 Å². The van der Waals surface area contributed by atoms with Gasteiger partial charge in [0, 0.05) is 11.6 Å². The minimum absolute atomic E-state index is 0.360. The van der Waals surface area contributed by atoms with Crippen LogP contribution in [0.4, 0.5) is 0 Å². The van der Waals surface area contributed by atoms with Crippen LogP contribution in [-0.2, 0) is 14.3 Å². The number of rotatable bonds is 1. The number of esters is 1. The summed E-state index contributed by atoms with van der Waals surface area (Å²) in [6.07, 6.45) is 2.39. The molecule has 0 amide bonds. The van der Waals surface area contributed by atoms with Crippen LogP contribution in [-0.4, -0.2) is 16.8 Å². The van der Waals surface area contributed by atoms with E-state index < -0.39 is 16.8 Å². The Bertz CT molecular complexity index is 279. The van der Waals surface area contributed by atoms with E-state index in [1.54, 1.807) is 0 Å². The number of cyclic esters (lactones) is 1. The minimum Gasteiger partial charge on any atom is -0.456 e. The molecular weight excluding hydrogens is 192 g/mol. The van der Waals surface area contributed by atoms with Crippen molar-refractivity contribution >= 4 is 22.8 Å². The summed E-state index contributed by atoms with van der Waals surface area (Å²) in [5.41, 5.74) is -0.0663. The molecule has 13 heavy (non-hydrogen) atoms. The number of hydrogen-bond donors (Lipinski definition) is 0. The van der Waals surface area contributed by atoms with Crippen LogP contribution in [0.2, 0.25) is 0 Å². The molecule has 0 bridgehead atoms. The molecule has 72 valence electrons. The average molecular weight is 203 g/mol. The summed E-state index contributed by atoms with van der Waals surface area (Å²) in [6, 6.07) is 0. The molecule has 1 fully saturated rings. The van der Waals surface area contributed by atoms with E-state index >= 15 is 0 Å². The quantitative estimate of drug-likeness (QED) is 0.370. The Morgan fingerprint density at radius 2 is 2.23 bits per heavy atom. The summed E-state index contributed by atoms with van der Waals surface area (Å²) in [6.45, 7) is 3.67. The molecule has 1 saturated heterocycles. The molecule has 1 rings (SSSR count). The van der Waals surface area contributed by atoms with E-state index in [0.29, 0.717) is 12.0 Å². The van der Waals surface area contributed by atoms with Crippen molar-refractivity contribution in [1.29, 1.82) is 0 Å². The smallest absolute Gasteiger partial charge is 0.334 e. The lowest BCUT2D eigenvalue weighted by molar-refractivity contribution is -0.156. The van der Waals surface area contributed by atoms with Crippen molar-refractivity contribution in [3.63, 3.8) is 0 Å². The lowest BCUT2D eigenvalue weighted by Crippen LogP contribution is -2.33. The zero-order valence-corrected chi connectivity index (χ0v) is 8.35. The maximum Gasteiger partial charge on any atom is 0.334 e. The second-order valence-corrected chi connectivity index (χ2v) is 4.00. The first-order valence-corrected chi connectivity index (χ1v) is 4.42. The fourth-order valence-electron chi connectivity index (χ4n) is 1.17. The van der Waals surface area contributed by atoms with Crippen molar-refractivity contribution in [3.8, 4) is 0 Å². The molecule has 0 unspecified atom stereocenters. The number of hydrogen-bond acceptors (Lipinski definition) is 3. The van der Waals surface area contributed by atoms with Crippen LogP contribution in [0, 0.1) is 0 Å². The minimum atomic E-state index is -0.633. The highest BCUT2D eigenvalue weighted by molar-refractivity contribution is 6.66. The van der Waals surface area contributed by atoms with Crippen LogP contribution in [0.3, 0.4) is 0 Å². The lowest BCUT2D eigenvalue weighted by atomic mass is 9.95. The van der Waals surface area contributed by atoms with Gasteiger partial charge >= 0.3 is 5.97 Å². The van der Waals surface area contributed by atoms with Crippen LogP contribution in [0.15, 0.2) is 11.6 Å². The predicted octanol–water partition coefficient (Wildman–Crippen LogP) is 1.79. The van der Waals surface area contributed by atoms with Gasteiger partial charge in [0.05, 0.1) is 0 Å². The van der Waals surface area contributed by atoms with Gasteiger partial charge in [0.2, 0.25) is 5.24 Å². The third-order valence-corrected chi connectivity index (χ3v) is 2.02. The number of ether oxygens (including phenoxy) is 1. The van der Waals surface area contributed by atoms with E-state index in [1.807, 2.05) is 13.8 Å². The molecule has 0 aromatic rings. The average Bonchev–Trinajstić information content (AvgIpc) is 1.93. The summed E-state index contributed by atoms with van der Waals surface area (Å²) in [7, 11) is 0. The fraction of sp³-hybridized carbons (Fsp3) is 0.556. The Labute approximate surface area is 81.7 Å². The van der Waals surface area contributed by atoms with Gasteiger partial charge in [0.15, 0.2) is 0 Å². The number of carbonyl (C=O) groups is 2. The maximum atomic E-state index is 11.2. The molecule has 0 N–H and O–H groups in total. The normalized spacial score (nSPS) is 24.2. The summed E-state index contributed by atoms with van der Waals surface area (Å²) >= 11 is 5.12. The van der Waals surface area contributed by atoms with Gasteiger partial charge in [-0.3, -0.25) is 4.79 Å². The SMILES string of the molecule is CC1(C)CC/C(=C\C(=O)Cl)C(=O)O1. The van der Waals surface area contributed by atoms with Gasteiger partial charge in [-0.25, -0.2) is 4.79 Å². The first-order chi connectivity index (χ1) is 5.91. The lowest BCUT2D eigenvalue weighted by Gasteiger charge is -2.30. The summed E-state index contributed by atoms with van der Waals surface area (Å²) in [5.74, 6) is -0.440. The highest BCUT2D eigenvalue weighted by Gasteiger charge is 2.31. The molecule has 0 aromatic carbocycles. The molecule has 0 atom stereocenters. The monoisotopic (exact) mass is 202 g/mol. The van der Waals surface area contributed by atoms with Crippen molar-refractivity contribution in [2.45, 2.75) is 32.3 Å². The molecule has 0 spiro atoms. The molecule has 0 aromatic heterocycles. The highest BCUT2D eigenvalue weighted by Crippen LogP contribution is 2.27. The number of halogens is 1. The van der Waals surface area contributed by atoms with Gasteiger partial charge in [-0.15, -0.1) is 0 Å². The Kier molecular flexibility index (Phi) is 2.76. The van der Waals surface area contributed by atoms with Gasteiger partial charge in [-0.2, -0.15) is 0 Å². The third kappa shape index (κ3) is 2.84. The summed E-state index contributed by atoms with van der Waals surface area (Å²) in [4.78, 5) is 21.7. The molecule has 0 aliphatic carbocycles. The second-order valence-electron chi connectivity index (χ2n) is 3.62. The fourth-order valence-corrected chi connectivity index (χ4v) is 1.31. The highest BCUT2D eigenvalue weighted by atomic mass is 35.5. The first-order valence-electron chi connectivity index (χ1n) is 4.04. The summed E-state index contributed by atoms with van der Waals surface area (Å²) in [5, 5.41) is -0.633. The first kappa shape index (κ1) is 10.3. The third-order valence-electron chi connectivity index (χ3n) is 1.92. The predicted molar refractivity (Wildman–Crippen MR) is 48.3 cm³/mol. The van der Waals surface area contributed by atoms with Crippen LogP contribution in [0.5, 0.6) is 0 Å². The second kappa shape index (κ2) is 3.50. The molecule has 1 heterocycles. The van der Waals surface area contributed by atoms with Crippen LogP contribution < -0.4 is 0 Å². The Morgan fingerprint density at radius 3 is 2.69 bits per heavy atom. The van der Waals surface area contributed by atoms with E-state index in [4.69, 9.17) is 16.3 Å². The summed E-state index contributed by atoms with van der Waals surface area (Å²) < 4.78 is 5.07. The number of allylic oxidation sites excluding steroid dienone is 1. The van der Waals surface area contributed by atoms with E-state index in [0.717, 1.165) is 12.5 Å². The molecule has 0 saturated carbocycles. The van der Waals surface area contributed by atoms with Crippen molar-refractivity contribution in [1.82, 2.24) is 0 Å². The van der Waals surface area contributed by atoms with Crippen molar-refractivity contribution in [3.05, 3.63) is 11.6 Å². The zero-order chi connectivity index (χ0) is 10.1. The Morgan fingerprint density at radius 1 is 1.62 bits per heavy atom. The Hall–Kier alpha value is -0.830. The Balaban J connectivity index is 2.75. The molecule has 1 aliphatic rings. The van der Waals surface area contributed by atoms with E-state index in [9.17, 15) is 9.59 Å². The van der Waals surface area contributed by atoms with E-state index in [-0.39, 0.29) is 0 Å². The van der Waals surface area contributed by atoms with Crippen LogP contribution in [0.25, 0.3) is 0 Å². The van der Waals surface area contributed by atoms with Crippen LogP contribution in [0.1, 0.15) is 26.7 Å². The maximum absolute atomic E-state index is 11.2. The van der Waals surface area contributed by atoms with Gasteiger partial charge in [-0.05, 0) is 38.3 Å². The molecule has 0 radical (unpaired) electrons. The molecule has 4 heteroatoms. The van der Waals surface area contributed by atoms with Crippen molar-refractivity contribution in [2.75, 3.05) is 0 Å².